The van der Waals surface area contributed by atoms with Gasteiger partial charge in [0.1, 0.15) is 5.69 Å². The van der Waals surface area contributed by atoms with E-state index in [4.69, 9.17) is 4.52 Å². The first kappa shape index (κ1) is 17.5. The topological polar surface area (TPSA) is 71.3 Å². The third-order valence-electron chi connectivity index (χ3n) is 4.98. The van der Waals surface area contributed by atoms with Gasteiger partial charge < -0.3 is 14.7 Å². The molecule has 1 unspecified atom stereocenters. The molecule has 0 spiro atoms. The van der Waals surface area contributed by atoms with Crippen molar-refractivity contribution < 1.29 is 9.32 Å². The van der Waals surface area contributed by atoms with E-state index in [9.17, 15) is 4.79 Å². The fraction of sp³-hybridized carbons (Fsp3) is 0.526. The molecule has 25 heavy (non-hydrogen) atoms. The lowest BCUT2D eigenvalue weighted by molar-refractivity contribution is 0.188. The maximum Gasteiger partial charge on any atom is 0.317 e. The monoisotopic (exact) mass is 342 g/mol. The highest BCUT2D eigenvalue weighted by Gasteiger charge is 2.23. The Kier molecular flexibility index (Phi) is 5.68. The zero-order valence-corrected chi connectivity index (χ0v) is 14.9. The Bertz CT molecular complexity index is 680. The molecule has 0 aliphatic heterocycles. The number of hydrogen-bond acceptors (Lipinski definition) is 4. The van der Waals surface area contributed by atoms with Crippen LogP contribution in [0.5, 0.6) is 0 Å². The minimum absolute atomic E-state index is 0.0695. The molecule has 0 aromatic carbocycles. The quantitative estimate of drug-likeness (QED) is 0.896. The molecule has 0 saturated heterocycles. The fourth-order valence-corrected chi connectivity index (χ4v) is 3.41. The normalized spacial score (nSPS) is 16.4. The molecule has 6 nitrogen and oxygen atoms in total. The Morgan fingerprint density at radius 1 is 1.32 bits per heavy atom. The number of pyridine rings is 1. The number of carbonyl (C=O) groups is 1. The average Bonchev–Trinajstić information content (AvgIpc) is 3.11. The first-order valence-corrected chi connectivity index (χ1v) is 9.01. The van der Waals surface area contributed by atoms with E-state index in [0.717, 1.165) is 11.3 Å². The van der Waals surface area contributed by atoms with Gasteiger partial charge in [-0.05, 0) is 37.8 Å². The summed E-state index contributed by atoms with van der Waals surface area (Å²) < 4.78 is 5.37. The molecule has 0 radical (unpaired) electrons. The third kappa shape index (κ3) is 4.59. The van der Waals surface area contributed by atoms with Crippen LogP contribution in [0.2, 0.25) is 0 Å². The standard InChI is InChI=1S/C19H26N4O2/c1-14(15-6-4-3-5-7-15)21-19(24)23(2)13-17-12-18(22-25-17)16-8-10-20-11-9-16/h8-12,14-15H,3-7,13H2,1-2H3,(H,21,24). The minimum atomic E-state index is -0.0695. The lowest BCUT2D eigenvalue weighted by Crippen LogP contribution is -2.44. The van der Waals surface area contributed by atoms with Gasteiger partial charge in [0.25, 0.3) is 0 Å². The molecule has 2 aromatic heterocycles. The number of hydrogen-bond donors (Lipinski definition) is 1. The number of carbonyl (C=O) groups excluding carboxylic acids is 1. The molecule has 0 bridgehead atoms. The van der Waals surface area contributed by atoms with E-state index in [1.807, 2.05) is 18.2 Å². The number of rotatable bonds is 5. The molecule has 2 aromatic rings. The van der Waals surface area contributed by atoms with E-state index in [1.54, 1.807) is 24.3 Å². The molecule has 134 valence electrons. The number of amides is 2. The highest BCUT2D eigenvalue weighted by Crippen LogP contribution is 2.26. The van der Waals surface area contributed by atoms with Crippen molar-refractivity contribution in [2.75, 3.05) is 7.05 Å². The Morgan fingerprint density at radius 2 is 2.04 bits per heavy atom. The van der Waals surface area contributed by atoms with Crippen LogP contribution in [0.1, 0.15) is 44.8 Å². The fourth-order valence-electron chi connectivity index (χ4n) is 3.41. The second-order valence-electron chi connectivity index (χ2n) is 6.91. The van der Waals surface area contributed by atoms with Crippen LogP contribution in [-0.4, -0.2) is 34.2 Å². The highest BCUT2D eigenvalue weighted by molar-refractivity contribution is 5.74. The largest absolute Gasteiger partial charge is 0.359 e. The first-order chi connectivity index (χ1) is 12.1. The summed E-state index contributed by atoms with van der Waals surface area (Å²) in [7, 11) is 1.78. The zero-order valence-electron chi connectivity index (χ0n) is 14.9. The number of nitrogens with one attached hydrogen (secondary N) is 1. The molecule has 2 heterocycles. The van der Waals surface area contributed by atoms with E-state index >= 15 is 0 Å². The Hall–Kier alpha value is -2.37. The van der Waals surface area contributed by atoms with Gasteiger partial charge in [-0.1, -0.05) is 24.4 Å². The van der Waals surface area contributed by atoms with Crippen LogP contribution < -0.4 is 5.32 Å². The zero-order chi connectivity index (χ0) is 17.6. The first-order valence-electron chi connectivity index (χ1n) is 9.01. The Morgan fingerprint density at radius 3 is 2.76 bits per heavy atom. The predicted octanol–water partition coefficient (Wildman–Crippen LogP) is 3.85. The Balaban J connectivity index is 1.54. The van der Waals surface area contributed by atoms with Crippen LogP contribution in [0.25, 0.3) is 11.3 Å². The van der Waals surface area contributed by atoms with Crippen molar-refractivity contribution in [1.82, 2.24) is 20.4 Å². The van der Waals surface area contributed by atoms with Gasteiger partial charge in [0.15, 0.2) is 5.76 Å². The molecular formula is C19H26N4O2. The molecule has 1 fully saturated rings. The summed E-state index contributed by atoms with van der Waals surface area (Å²) in [6, 6.07) is 5.76. The molecule has 1 N–H and O–H groups in total. The lowest BCUT2D eigenvalue weighted by atomic mass is 9.84. The van der Waals surface area contributed by atoms with E-state index in [-0.39, 0.29) is 12.1 Å². The van der Waals surface area contributed by atoms with Gasteiger partial charge in [-0.2, -0.15) is 0 Å². The molecule has 1 aliphatic carbocycles. The van der Waals surface area contributed by atoms with Crippen molar-refractivity contribution >= 4 is 6.03 Å². The maximum atomic E-state index is 12.4. The summed E-state index contributed by atoms with van der Waals surface area (Å²) in [6.45, 7) is 2.50. The summed E-state index contributed by atoms with van der Waals surface area (Å²) in [5, 5.41) is 7.20. The van der Waals surface area contributed by atoms with Crippen molar-refractivity contribution in [2.24, 2.45) is 5.92 Å². The predicted molar refractivity (Wildman–Crippen MR) is 95.8 cm³/mol. The number of urea groups is 1. The molecule has 6 heteroatoms. The molecule has 1 atom stereocenters. The van der Waals surface area contributed by atoms with Gasteiger partial charge in [-0.3, -0.25) is 4.98 Å². The van der Waals surface area contributed by atoms with E-state index < -0.39 is 0 Å². The number of nitrogens with zero attached hydrogens (tertiary/aromatic N) is 3. The molecule has 1 aliphatic rings. The van der Waals surface area contributed by atoms with Crippen LogP contribution in [-0.2, 0) is 6.54 Å². The van der Waals surface area contributed by atoms with E-state index in [2.05, 4.69) is 22.4 Å². The van der Waals surface area contributed by atoms with Crippen LogP contribution in [0.3, 0.4) is 0 Å². The summed E-state index contributed by atoms with van der Waals surface area (Å²) in [4.78, 5) is 18.1. The summed E-state index contributed by atoms with van der Waals surface area (Å²) in [6.07, 6.45) is 9.73. The van der Waals surface area contributed by atoms with Crippen molar-refractivity contribution in [3.63, 3.8) is 0 Å². The van der Waals surface area contributed by atoms with Crippen molar-refractivity contribution in [1.29, 1.82) is 0 Å². The summed E-state index contributed by atoms with van der Waals surface area (Å²) in [5.74, 6) is 1.25. The van der Waals surface area contributed by atoms with Gasteiger partial charge >= 0.3 is 6.03 Å². The van der Waals surface area contributed by atoms with Crippen LogP contribution in [0.4, 0.5) is 4.79 Å². The Labute approximate surface area is 148 Å². The SMILES string of the molecule is CC(NC(=O)N(C)Cc1cc(-c2ccncc2)no1)C1CCCCC1. The van der Waals surface area contributed by atoms with Crippen molar-refractivity contribution in [3.05, 3.63) is 36.4 Å². The molecule has 1 saturated carbocycles. The van der Waals surface area contributed by atoms with Gasteiger partial charge in [-0.15, -0.1) is 0 Å². The minimum Gasteiger partial charge on any atom is -0.359 e. The number of aromatic nitrogens is 2. The summed E-state index contributed by atoms with van der Waals surface area (Å²) >= 11 is 0. The highest BCUT2D eigenvalue weighted by atomic mass is 16.5. The summed E-state index contributed by atoms with van der Waals surface area (Å²) in [5.41, 5.74) is 1.70. The lowest BCUT2D eigenvalue weighted by Gasteiger charge is -2.29. The smallest absolute Gasteiger partial charge is 0.317 e. The van der Waals surface area contributed by atoms with Gasteiger partial charge in [0, 0.05) is 37.1 Å². The van der Waals surface area contributed by atoms with Crippen molar-refractivity contribution in [2.45, 2.75) is 51.6 Å². The average molecular weight is 342 g/mol. The van der Waals surface area contributed by atoms with Crippen LogP contribution >= 0.6 is 0 Å². The van der Waals surface area contributed by atoms with Gasteiger partial charge in [0.2, 0.25) is 0 Å². The second-order valence-corrected chi connectivity index (χ2v) is 6.91. The van der Waals surface area contributed by atoms with Crippen molar-refractivity contribution in [3.8, 4) is 11.3 Å². The molecule has 3 rings (SSSR count). The second kappa shape index (κ2) is 8.14. The molecule has 2 amide bonds. The van der Waals surface area contributed by atoms with Crippen LogP contribution in [0.15, 0.2) is 35.1 Å². The molecular weight excluding hydrogens is 316 g/mol. The van der Waals surface area contributed by atoms with E-state index in [0.29, 0.717) is 18.2 Å². The van der Waals surface area contributed by atoms with Crippen LogP contribution in [0, 0.1) is 5.92 Å². The maximum absolute atomic E-state index is 12.4. The van der Waals surface area contributed by atoms with E-state index in [1.165, 1.54) is 32.1 Å². The third-order valence-corrected chi connectivity index (χ3v) is 4.98. The van der Waals surface area contributed by atoms with Gasteiger partial charge in [-0.25, -0.2) is 4.79 Å². The van der Waals surface area contributed by atoms with Gasteiger partial charge in [0.05, 0.1) is 6.54 Å².